The predicted octanol–water partition coefficient (Wildman–Crippen LogP) is 16.2. The number of unbranched alkanes of at least 4 members (excludes halogenated alkanes) is 12. The Morgan fingerprint density at radius 2 is 0.800 bits per heavy atom. The molecule has 3 aliphatic rings. The molecule has 0 fully saturated rings. The first-order valence-electron chi connectivity index (χ1n) is 23.0. The summed E-state index contributed by atoms with van der Waals surface area (Å²) in [5.41, 5.74) is 14.6. The van der Waals surface area contributed by atoms with Crippen molar-refractivity contribution >= 4 is 5.78 Å². The molecule has 3 aliphatic carbocycles. The number of carbonyl (C=O) groups is 1. The van der Waals surface area contributed by atoms with Gasteiger partial charge in [0.25, 0.3) is 0 Å². The zero-order valence-electron chi connectivity index (χ0n) is 35.4. The number of fused-ring (bicyclic) bond motifs is 7. The summed E-state index contributed by atoms with van der Waals surface area (Å²) in [5, 5.41) is 0. The van der Waals surface area contributed by atoms with E-state index < -0.39 is 0 Å². The summed E-state index contributed by atoms with van der Waals surface area (Å²) in [5.74, 6) is 0.496. The predicted molar refractivity (Wildman–Crippen MR) is 238 cm³/mol. The number of hydrogen-bond acceptors (Lipinski definition) is 1. The maximum Gasteiger partial charge on any atom is 0.166 e. The lowest BCUT2D eigenvalue weighted by Gasteiger charge is -2.33. The molecule has 0 aromatic heterocycles. The van der Waals surface area contributed by atoms with Gasteiger partial charge < -0.3 is 0 Å². The molecule has 0 spiro atoms. The minimum atomic E-state index is 0.0918. The normalized spacial score (nSPS) is 16.5. The second-order valence-electron chi connectivity index (χ2n) is 17.6. The van der Waals surface area contributed by atoms with Crippen molar-refractivity contribution in [3.63, 3.8) is 0 Å². The molecule has 55 heavy (non-hydrogen) atoms. The van der Waals surface area contributed by atoms with E-state index in [1.54, 1.807) is 11.1 Å². The van der Waals surface area contributed by atoms with E-state index in [0.717, 1.165) is 12.0 Å². The van der Waals surface area contributed by atoms with Gasteiger partial charge in [0.15, 0.2) is 5.78 Å². The van der Waals surface area contributed by atoms with Crippen LogP contribution in [-0.2, 0) is 17.3 Å². The average Bonchev–Trinajstić information content (AvgIpc) is 3.77. The van der Waals surface area contributed by atoms with E-state index in [9.17, 15) is 4.79 Å². The Morgan fingerprint density at radius 1 is 0.436 bits per heavy atom. The standard InChI is InChI=1S/C29H38O.C25H34/c1-4-6-8-12-16-29(17-13-9-7-5-2)26-15-11-10-14-23(26)25-19-22-18-21(3)28(30)24(22)20-27(25)29;1-3-5-7-13-19-25(20-14-8-6-4-2)23-17-11-9-15-21(23)22-16-10-12-18-24(22)25/h10-11,14-15,19-21H,4-9,12-13,16-18H2,1-3H3;9-12,15-18H,3-8,13-14,19-20H2,1-2H3. The van der Waals surface area contributed by atoms with Gasteiger partial charge in [0.1, 0.15) is 0 Å². The third-order valence-electron chi connectivity index (χ3n) is 13.7. The molecule has 0 saturated heterocycles. The van der Waals surface area contributed by atoms with Crippen LogP contribution in [0.2, 0.25) is 0 Å². The summed E-state index contributed by atoms with van der Waals surface area (Å²) in [7, 11) is 0. The van der Waals surface area contributed by atoms with Gasteiger partial charge >= 0.3 is 0 Å². The van der Waals surface area contributed by atoms with Gasteiger partial charge in [-0.15, -0.1) is 0 Å². The molecular weight excluding hydrogens is 665 g/mol. The highest BCUT2D eigenvalue weighted by molar-refractivity contribution is 6.03. The molecule has 294 valence electrons. The summed E-state index contributed by atoms with van der Waals surface area (Å²) in [6.45, 7) is 11.3. The van der Waals surface area contributed by atoms with Gasteiger partial charge in [-0.3, -0.25) is 4.79 Å². The fraction of sp³-hybridized carbons (Fsp3) is 0.537. The first-order chi connectivity index (χ1) is 27.0. The second-order valence-corrected chi connectivity index (χ2v) is 17.6. The molecule has 0 amide bonds. The molecule has 7 rings (SSSR count). The molecule has 0 radical (unpaired) electrons. The summed E-state index contributed by atoms with van der Waals surface area (Å²) in [6, 6.07) is 32.2. The molecular formula is C54H72O. The minimum Gasteiger partial charge on any atom is -0.294 e. The van der Waals surface area contributed by atoms with E-state index in [1.165, 1.54) is 167 Å². The van der Waals surface area contributed by atoms with Crippen LogP contribution in [0.25, 0.3) is 22.3 Å². The first-order valence-corrected chi connectivity index (χ1v) is 23.0. The van der Waals surface area contributed by atoms with Crippen molar-refractivity contribution < 1.29 is 4.79 Å². The molecule has 0 heterocycles. The lowest BCUT2D eigenvalue weighted by molar-refractivity contribution is 0.0946. The second kappa shape index (κ2) is 19.6. The van der Waals surface area contributed by atoms with E-state index in [4.69, 9.17) is 0 Å². The fourth-order valence-corrected chi connectivity index (χ4v) is 10.8. The third-order valence-corrected chi connectivity index (χ3v) is 13.7. The lowest BCUT2D eigenvalue weighted by Crippen LogP contribution is -2.26. The smallest absolute Gasteiger partial charge is 0.166 e. The highest BCUT2D eigenvalue weighted by Gasteiger charge is 2.44. The number of carbonyl (C=O) groups excluding carboxylic acids is 1. The van der Waals surface area contributed by atoms with E-state index in [2.05, 4.69) is 120 Å². The largest absolute Gasteiger partial charge is 0.294 e. The number of benzene rings is 4. The van der Waals surface area contributed by atoms with Crippen molar-refractivity contribution in [2.75, 3.05) is 0 Å². The van der Waals surface area contributed by atoms with E-state index in [-0.39, 0.29) is 16.7 Å². The van der Waals surface area contributed by atoms with Crippen LogP contribution in [0.5, 0.6) is 0 Å². The number of rotatable bonds is 20. The van der Waals surface area contributed by atoms with E-state index in [1.807, 2.05) is 0 Å². The van der Waals surface area contributed by atoms with Crippen LogP contribution in [0.3, 0.4) is 0 Å². The maximum absolute atomic E-state index is 12.9. The van der Waals surface area contributed by atoms with Crippen LogP contribution in [0, 0.1) is 5.92 Å². The van der Waals surface area contributed by atoms with Crippen molar-refractivity contribution in [1.29, 1.82) is 0 Å². The SMILES string of the molecule is CCCCCCC1(CCCCCC)c2ccccc2-c2cc3c(cc21)C(=O)C(C)C3.CCCCCCC1(CCCCCC)c2ccccc2-c2ccccc21. The molecule has 0 N–H and O–H groups in total. The Morgan fingerprint density at radius 3 is 1.20 bits per heavy atom. The molecule has 4 aromatic rings. The molecule has 1 atom stereocenters. The van der Waals surface area contributed by atoms with Gasteiger partial charge in [-0.2, -0.15) is 0 Å². The maximum atomic E-state index is 12.9. The molecule has 1 nitrogen and oxygen atoms in total. The lowest BCUT2D eigenvalue weighted by atomic mass is 9.70. The van der Waals surface area contributed by atoms with Gasteiger partial charge in [0, 0.05) is 22.3 Å². The highest BCUT2D eigenvalue weighted by Crippen LogP contribution is 2.56. The summed E-state index contributed by atoms with van der Waals surface area (Å²) in [6.07, 6.45) is 27.1. The molecule has 0 bridgehead atoms. The molecule has 0 aliphatic heterocycles. The van der Waals surface area contributed by atoms with Crippen LogP contribution in [-0.4, -0.2) is 5.78 Å². The Kier molecular flexibility index (Phi) is 14.7. The monoisotopic (exact) mass is 737 g/mol. The van der Waals surface area contributed by atoms with Crippen LogP contribution in [0.4, 0.5) is 0 Å². The third kappa shape index (κ3) is 8.62. The Balaban J connectivity index is 0.000000190. The molecule has 1 heteroatoms. The Bertz CT molecular complexity index is 1770. The number of ketones is 1. The topological polar surface area (TPSA) is 17.1 Å². The van der Waals surface area contributed by atoms with Gasteiger partial charge in [0.2, 0.25) is 0 Å². The highest BCUT2D eigenvalue weighted by atomic mass is 16.1. The number of hydrogen-bond donors (Lipinski definition) is 0. The van der Waals surface area contributed by atoms with Crippen molar-refractivity contribution in [3.05, 3.63) is 118 Å². The van der Waals surface area contributed by atoms with Crippen molar-refractivity contribution in [2.24, 2.45) is 5.92 Å². The average molecular weight is 737 g/mol. The van der Waals surface area contributed by atoms with Gasteiger partial charge in [-0.1, -0.05) is 216 Å². The Labute approximate surface area is 336 Å². The van der Waals surface area contributed by atoms with E-state index >= 15 is 0 Å². The fourth-order valence-electron chi connectivity index (χ4n) is 10.8. The van der Waals surface area contributed by atoms with Crippen LogP contribution in [0.15, 0.2) is 84.9 Å². The first kappa shape index (κ1) is 41.2. The Hall–Kier alpha value is -3.45. The van der Waals surface area contributed by atoms with Crippen LogP contribution >= 0.6 is 0 Å². The van der Waals surface area contributed by atoms with Gasteiger partial charge in [-0.25, -0.2) is 0 Å². The quantitative estimate of drug-likeness (QED) is 0.0826. The summed E-state index contributed by atoms with van der Waals surface area (Å²) in [4.78, 5) is 12.9. The molecule has 0 saturated carbocycles. The zero-order valence-corrected chi connectivity index (χ0v) is 35.4. The van der Waals surface area contributed by atoms with Crippen molar-refractivity contribution in [2.45, 2.75) is 180 Å². The van der Waals surface area contributed by atoms with Crippen molar-refractivity contribution in [1.82, 2.24) is 0 Å². The molecule has 4 aromatic carbocycles. The van der Waals surface area contributed by atoms with Gasteiger partial charge in [-0.05, 0) is 88.2 Å². The zero-order chi connectivity index (χ0) is 38.7. The van der Waals surface area contributed by atoms with Crippen LogP contribution < -0.4 is 0 Å². The summed E-state index contributed by atoms with van der Waals surface area (Å²) >= 11 is 0. The number of Topliss-reactive ketones (excluding diaryl/α,β-unsaturated/α-hetero) is 1. The van der Waals surface area contributed by atoms with E-state index in [0.29, 0.717) is 5.78 Å². The van der Waals surface area contributed by atoms with Crippen molar-refractivity contribution in [3.8, 4) is 22.3 Å². The summed E-state index contributed by atoms with van der Waals surface area (Å²) < 4.78 is 0. The van der Waals surface area contributed by atoms with Crippen LogP contribution in [0.1, 0.15) is 201 Å². The minimum absolute atomic E-state index is 0.0918. The van der Waals surface area contributed by atoms with Gasteiger partial charge in [0.05, 0.1) is 0 Å². The molecule has 1 unspecified atom stereocenters.